The number of aromatic amines is 1. The van der Waals surface area contributed by atoms with E-state index in [-0.39, 0.29) is 17.4 Å². The summed E-state index contributed by atoms with van der Waals surface area (Å²) in [5, 5.41) is 27.9. The summed E-state index contributed by atoms with van der Waals surface area (Å²) in [6.45, 7) is 7.89. The van der Waals surface area contributed by atoms with Crippen LogP contribution in [0.3, 0.4) is 0 Å². The maximum absolute atomic E-state index is 13.0. The van der Waals surface area contributed by atoms with Crippen molar-refractivity contribution < 1.29 is 15.0 Å². The summed E-state index contributed by atoms with van der Waals surface area (Å²) < 4.78 is 0. The zero-order valence-electron chi connectivity index (χ0n) is 15.7. The number of amides is 1. The van der Waals surface area contributed by atoms with Gasteiger partial charge >= 0.3 is 0 Å². The van der Waals surface area contributed by atoms with Crippen molar-refractivity contribution in [1.29, 1.82) is 0 Å². The van der Waals surface area contributed by atoms with Gasteiger partial charge < -0.3 is 15.1 Å². The van der Waals surface area contributed by atoms with Crippen molar-refractivity contribution in [2.75, 3.05) is 6.54 Å². The number of nitrogens with zero attached hydrogens (tertiary/aromatic N) is 2. The molecule has 3 N–H and O–H groups in total. The molecule has 6 heteroatoms. The van der Waals surface area contributed by atoms with Crippen LogP contribution in [0.15, 0.2) is 49.1 Å². The second kappa shape index (κ2) is 6.56. The molecule has 2 heterocycles. The third-order valence-corrected chi connectivity index (χ3v) is 5.08. The quantitative estimate of drug-likeness (QED) is 0.605. The van der Waals surface area contributed by atoms with Gasteiger partial charge in [0, 0.05) is 17.7 Å². The highest BCUT2D eigenvalue weighted by Gasteiger charge is 2.42. The molecule has 1 aromatic heterocycles. The Balaban J connectivity index is 1.97. The molecule has 0 saturated carbocycles. The normalized spacial score (nSPS) is 15.7. The van der Waals surface area contributed by atoms with E-state index in [1.54, 1.807) is 29.2 Å². The molecule has 1 aliphatic rings. The molecule has 0 aliphatic carbocycles. The standard InChI is InChI=1S/C22H21N3O3/c1-4-8-25-20(14-6-5-7-15(26)11-14)17-18(23-24-19(17)22(25)28)16-10-12(2)9-13(3)21(16)27/h4-7,9-11,20,26-27H,1,8H2,2-3H3,(H,23,24). The number of rotatable bonds is 4. The van der Waals surface area contributed by atoms with E-state index >= 15 is 0 Å². The van der Waals surface area contributed by atoms with Crippen LogP contribution in [0.4, 0.5) is 0 Å². The summed E-state index contributed by atoms with van der Waals surface area (Å²) in [6, 6.07) is 10.1. The van der Waals surface area contributed by atoms with Gasteiger partial charge in [-0.25, -0.2) is 0 Å². The molecule has 0 bridgehead atoms. The van der Waals surface area contributed by atoms with Crippen LogP contribution >= 0.6 is 0 Å². The summed E-state index contributed by atoms with van der Waals surface area (Å²) in [7, 11) is 0. The minimum Gasteiger partial charge on any atom is -0.508 e. The molecule has 6 nitrogen and oxygen atoms in total. The molecule has 142 valence electrons. The van der Waals surface area contributed by atoms with Crippen molar-refractivity contribution in [3.8, 4) is 22.8 Å². The van der Waals surface area contributed by atoms with Gasteiger partial charge in [0.15, 0.2) is 0 Å². The van der Waals surface area contributed by atoms with Gasteiger partial charge in [-0.2, -0.15) is 5.10 Å². The van der Waals surface area contributed by atoms with Crippen LogP contribution in [0.1, 0.15) is 38.8 Å². The van der Waals surface area contributed by atoms with Gasteiger partial charge in [-0.05, 0) is 48.7 Å². The summed E-state index contributed by atoms with van der Waals surface area (Å²) in [4.78, 5) is 14.7. The fraction of sp³-hybridized carbons (Fsp3) is 0.182. The lowest BCUT2D eigenvalue weighted by Crippen LogP contribution is -2.29. The molecule has 4 rings (SSSR count). The van der Waals surface area contributed by atoms with Crippen LogP contribution in [0.5, 0.6) is 11.5 Å². The van der Waals surface area contributed by atoms with Crippen molar-refractivity contribution in [2.45, 2.75) is 19.9 Å². The van der Waals surface area contributed by atoms with E-state index in [4.69, 9.17) is 0 Å². The number of aryl methyl sites for hydroxylation is 2. The SMILES string of the molecule is C=CCN1C(=O)c2[nH]nc(-c3cc(C)cc(C)c3O)c2C1c1cccc(O)c1. The molecule has 1 amide bonds. The molecule has 0 fully saturated rings. The third-order valence-electron chi connectivity index (χ3n) is 5.08. The van der Waals surface area contributed by atoms with Crippen LogP contribution < -0.4 is 0 Å². The van der Waals surface area contributed by atoms with Gasteiger partial charge in [0.25, 0.3) is 5.91 Å². The van der Waals surface area contributed by atoms with Crippen LogP contribution in [-0.4, -0.2) is 37.8 Å². The highest BCUT2D eigenvalue weighted by molar-refractivity contribution is 6.00. The van der Waals surface area contributed by atoms with E-state index in [0.29, 0.717) is 29.1 Å². The van der Waals surface area contributed by atoms with Gasteiger partial charge in [0.2, 0.25) is 0 Å². The van der Waals surface area contributed by atoms with Crippen LogP contribution in [-0.2, 0) is 0 Å². The number of nitrogens with one attached hydrogen (secondary N) is 1. The Morgan fingerprint density at radius 2 is 2.04 bits per heavy atom. The maximum Gasteiger partial charge on any atom is 0.273 e. The monoisotopic (exact) mass is 375 g/mol. The maximum atomic E-state index is 13.0. The highest BCUT2D eigenvalue weighted by Crippen LogP contribution is 2.45. The predicted molar refractivity (Wildman–Crippen MR) is 106 cm³/mol. The number of carbonyl (C=O) groups is 1. The molecule has 1 unspecified atom stereocenters. The Labute approximate surface area is 162 Å². The zero-order chi connectivity index (χ0) is 20.0. The van der Waals surface area contributed by atoms with Crippen molar-refractivity contribution in [3.05, 3.63) is 77.0 Å². The first-order chi connectivity index (χ1) is 13.4. The average molecular weight is 375 g/mol. The Bertz CT molecular complexity index is 1100. The zero-order valence-corrected chi connectivity index (χ0v) is 15.7. The number of hydrogen-bond donors (Lipinski definition) is 3. The molecule has 28 heavy (non-hydrogen) atoms. The fourth-order valence-electron chi connectivity index (χ4n) is 3.91. The van der Waals surface area contributed by atoms with E-state index < -0.39 is 6.04 Å². The number of aromatic hydroxyl groups is 2. The minimum atomic E-state index is -0.443. The molecule has 0 radical (unpaired) electrons. The van der Waals surface area contributed by atoms with Gasteiger partial charge in [0.1, 0.15) is 22.9 Å². The van der Waals surface area contributed by atoms with E-state index in [2.05, 4.69) is 16.8 Å². The first-order valence-electron chi connectivity index (χ1n) is 9.02. The Morgan fingerprint density at radius 1 is 1.25 bits per heavy atom. The second-order valence-corrected chi connectivity index (χ2v) is 7.08. The summed E-state index contributed by atoms with van der Waals surface area (Å²) in [5.74, 6) is 0.0753. The number of H-pyrrole nitrogens is 1. The average Bonchev–Trinajstić information content (AvgIpc) is 3.18. The van der Waals surface area contributed by atoms with Gasteiger partial charge in [-0.15, -0.1) is 6.58 Å². The molecule has 1 aliphatic heterocycles. The summed E-state index contributed by atoms with van der Waals surface area (Å²) in [6.07, 6.45) is 1.67. The largest absolute Gasteiger partial charge is 0.508 e. The fourth-order valence-corrected chi connectivity index (χ4v) is 3.91. The number of hydrogen-bond acceptors (Lipinski definition) is 4. The molecule has 1 atom stereocenters. The summed E-state index contributed by atoms with van der Waals surface area (Å²) >= 11 is 0. The van der Waals surface area contributed by atoms with E-state index in [1.807, 2.05) is 32.0 Å². The van der Waals surface area contributed by atoms with Crippen molar-refractivity contribution in [2.24, 2.45) is 0 Å². The minimum absolute atomic E-state index is 0.122. The summed E-state index contributed by atoms with van der Waals surface area (Å²) in [5.41, 5.74) is 4.69. The van der Waals surface area contributed by atoms with Crippen molar-refractivity contribution in [3.63, 3.8) is 0 Å². The first kappa shape index (κ1) is 17.9. The molecule has 2 aromatic carbocycles. The number of benzene rings is 2. The lowest BCUT2D eigenvalue weighted by molar-refractivity contribution is 0.0764. The van der Waals surface area contributed by atoms with E-state index in [9.17, 15) is 15.0 Å². The lowest BCUT2D eigenvalue weighted by Gasteiger charge is -2.25. The van der Waals surface area contributed by atoms with Gasteiger partial charge in [-0.1, -0.05) is 24.3 Å². The van der Waals surface area contributed by atoms with Gasteiger partial charge in [-0.3, -0.25) is 9.89 Å². The van der Waals surface area contributed by atoms with E-state index in [1.165, 1.54) is 0 Å². The third kappa shape index (κ3) is 2.65. The number of aromatic nitrogens is 2. The number of fused-ring (bicyclic) bond motifs is 1. The number of phenolic OH excluding ortho intramolecular Hbond substituents is 2. The highest BCUT2D eigenvalue weighted by atomic mass is 16.3. The smallest absolute Gasteiger partial charge is 0.273 e. The lowest BCUT2D eigenvalue weighted by atomic mass is 9.94. The Hall–Kier alpha value is -3.54. The molecule has 0 spiro atoms. The van der Waals surface area contributed by atoms with E-state index in [0.717, 1.165) is 16.7 Å². The number of carbonyl (C=O) groups excluding carboxylic acids is 1. The predicted octanol–water partition coefficient (Wildman–Crippen LogP) is 3.84. The van der Waals surface area contributed by atoms with Crippen molar-refractivity contribution in [1.82, 2.24) is 15.1 Å². The molecule has 3 aromatic rings. The second-order valence-electron chi connectivity index (χ2n) is 7.08. The van der Waals surface area contributed by atoms with Crippen LogP contribution in [0.2, 0.25) is 0 Å². The van der Waals surface area contributed by atoms with Crippen LogP contribution in [0.25, 0.3) is 11.3 Å². The Morgan fingerprint density at radius 3 is 2.75 bits per heavy atom. The first-order valence-corrected chi connectivity index (χ1v) is 9.02. The molecular formula is C22H21N3O3. The Kier molecular flexibility index (Phi) is 4.19. The number of phenols is 2. The topological polar surface area (TPSA) is 89.5 Å². The molecule has 0 saturated heterocycles. The molecular weight excluding hydrogens is 354 g/mol. The van der Waals surface area contributed by atoms with Gasteiger partial charge in [0.05, 0.1) is 6.04 Å². The van der Waals surface area contributed by atoms with Crippen molar-refractivity contribution >= 4 is 5.91 Å². The van der Waals surface area contributed by atoms with Crippen LogP contribution in [0, 0.1) is 13.8 Å².